The fraction of sp³-hybridized carbons (Fsp3) is 0.364. The van der Waals surface area contributed by atoms with Crippen molar-refractivity contribution in [2.75, 3.05) is 6.61 Å². The Hall–Kier alpha value is -0.610. The van der Waals surface area contributed by atoms with Crippen LogP contribution in [0.3, 0.4) is 0 Å². The molecule has 1 aromatic rings. The molecule has 2 nitrogen and oxygen atoms in total. The van der Waals surface area contributed by atoms with E-state index >= 15 is 0 Å². The molecular weight excluding hydrogens is 298 g/mol. The number of hydrogen-bond donors (Lipinski definition) is 0. The van der Waals surface area contributed by atoms with Crippen molar-refractivity contribution in [3.05, 3.63) is 34.1 Å². The van der Waals surface area contributed by atoms with E-state index in [1.165, 1.54) is 6.07 Å². The van der Waals surface area contributed by atoms with Gasteiger partial charge in [-0.25, -0.2) is 4.39 Å². The molecule has 0 N–H and O–H groups in total. The van der Waals surface area contributed by atoms with Crippen molar-refractivity contribution in [2.24, 2.45) is 0 Å². The zero-order valence-corrected chi connectivity index (χ0v) is 11.1. The summed E-state index contributed by atoms with van der Waals surface area (Å²) in [6.07, 6.45) is 0.105. The van der Waals surface area contributed by atoms with Gasteiger partial charge in [-0.15, -0.1) is 0 Å². The predicted molar refractivity (Wildman–Crippen MR) is 64.4 cm³/mol. The van der Waals surface area contributed by atoms with Crippen LogP contribution in [0.25, 0.3) is 0 Å². The number of carbonyl (C=O) groups is 1. The molecule has 0 radical (unpaired) electrons. The molecule has 0 aliphatic heterocycles. The van der Waals surface area contributed by atoms with Gasteiger partial charge in [0, 0.05) is 10.9 Å². The molecule has 0 aromatic heterocycles. The molecule has 16 heavy (non-hydrogen) atoms. The highest BCUT2D eigenvalue weighted by Gasteiger charge is 2.11. The molecule has 1 aromatic carbocycles. The van der Waals surface area contributed by atoms with Crippen molar-refractivity contribution in [1.82, 2.24) is 0 Å². The lowest BCUT2D eigenvalue weighted by Crippen LogP contribution is -2.08. The number of carbonyl (C=O) groups excluding carboxylic acids is 1. The first-order chi connectivity index (χ1) is 7.58. The first-order valence-corrected chi connectivity index (χ1v) is 6.26. The zero-order valence-electron chi connectivity index (χ0n) is 8.73. The number of benzene rings is 1. The first-order valence-electron chi connectivity index (χ1n) is 4.76. The molecule has 88 valence electrons. The van der Waals surface area contributed by atoms with E-state index in [4.69, 9.17) is 16.3 Å². The highest BCUT2D eigenvalue weighted by atomic mass is 79.9. The smallest absolute Gasteiger partial charge is 0.310 e. The molecular formula is C11H11BrClFO2. The van der Waals surface area contributed by atoms with E-state index in [2.05, 4.69) is 15.9 Å². The quantitative estimate of drug-likeness (QED) is 0.629. The Labute approximate surface area is 107 Å². The van der Waals surface area contributed by atoms with Gasteiger partial charge < -0.3 is 4.74 Å². The van der Waals surface area contributed by atoms with E-state index < -0.39 is 5.82 Å². The summed E-state index contributed by atoms with van der Waals surface area (Å²) in [5.74, 6) is -0.795. The van der Waals surface area contributed by atoms with Gasteiger partial charge >= 0.3 is 5.97 Å². The average Bonchev–Trinajstić information content (AvgIpc) is 2.23. The zero-order chi connectivity index (χ0) is 12.1. The average molecular weight is 310 g/mol. The van der Waals surface area contributed by atoms with Crippen molar-refractivity contribution in [2.45, 2.75) is 18.7 Å². The van der Waals surface area contributed by atoms with Crippen LogP contribution >= 0.6 is 27.5 Å². The van der Waals surface area contributed by atoms with Crippen molar-refractivity contribution >= 4 is 33.5 Å². The van der Waals surface area contributed by atoms with Crippen LogP contribution in [-0.4, -0.2) is 12.6 Å². The third-order valence-electron chi connectivity index (χ3n) is 1.96. The molecule has 0 saturated heterocycles. The minimum atomic E-state index is -0.453. The summed E-state index contributed by atoms with van der Waals surface area (Å²) in [6, 6.07) is 3.05. The number of hydrogen-bond acceptors (Lipinski definition) is 2. The fourth-order valence-corrected chi connectivity index (χ4v) is 1.96. The maximum absolute atomic E-state index is 13.4. The number of esters is 1. The van der Waals surface area contributed by atoms with Gasteiger partial charge in [0.2, 0.25) is 0 Å². The van der Waals surface area contributed by atoms with Gasteiger partial charge in [0.25, 0.3) is 0 Å². The van der Waals surface area contributed by atoms with E-state index in [0.717, 1.165) is 0 Å². The van der Waals surface area contributed by atoms with Gasteiger partial charge in [-0.2, -0.15) is 0 Å². The van der Waals surface area contributed by atoms with Gasteiger partial charge in [0.05, 0.1) is 18.1 Å². The topological polar surface area (TPSA) is 26.3 Å². The van der Waals surface area contributed by atoms with Crippen LogP contribution in [0.5, 0.6) is 0 Å². The Morgan fingerprint density at radius 2 is 2.25 bits per heavy atom. The molecule has 1 rings (SSSR count). The Kier molecular flexibility index (Phi) is 5.22. The minimum absolute atomic E-state index is 0.0243. The van der Waals surface area contributed by atoms with Crippen LogP contribution in [0.2, 0.25) is 5.02 Å². The molecule has 0 spiro atoms. The number of alkyl halides is 1. The molecule has 0 fully saturated rings. The standard InChI is InChI=1S/C11H11BrClFO2/c1-2-16-10(15)5-7-3-8(6-12)11(14)9(13)4-7/h3-4H,2,5-6H2,1H3. The molecule has 0 bridgehead atoms. The van der Waals surface area contributed by atoms with E-state index in [0.29, 0.717) is 23.1 Å². The second-order valence-corrected chi connectivity index (χ2v) is 4.13. The van der Waals surface area contributed by atoms with E-state index in [-0.39, 0.29) is 17.4 Å². The molecule has 0 unspecified atom stereocenters. The second kappa shape index (κ2) is 6.21. The lowest BCUT2D eigenvalue weighted by Gasteiger charge is -2.06. The third kappa shape index (κ3) is 3.46. The molecule has 0 aliphatic rings. The molecule has 5 heteroatoms. The normalized spacial score (nSPS) is 10.2. The summed E-state index contributed by atoms with van der Waals surface area (Å²) < 4.78 is 18.2. The van der Waals surface area contributed by atoms with E-state index in [9.17, 15) is 9.18 Å². The van der Waals surface area contributed by atoms with Gasteiger partial charge in [0.1, 0.15) is 5.82 Å². The maximum atomic E-state index is 13.4. The SMILES string of the molecule is CCOC(=O)Cc1cc(Cl)c(F)c(CBr)c1. The number of halogens is 3. The lowest BCUT2D eigenvalue weighted by atomic mass is 10.1. The first kappa shape index (κ1) is 13.5. The minimum Gasteiger partial charge on any atom is -0.466 e. The summed E-state index contributed by atoms with van der Waals surface area (Å²) >= 11 is 8.87. The number of ether oxygens (including phenoxy) is 1. The van der Waals surface area contributed by atoms with E-state index in [1.54, 1.807) is 13.0 Å². The Balaban J connectivity index is 2.89. The monoisotopic (exact) mass is 308 g/mol. The summed E-state index contributed by atoms with van der Waals surface area (Å²) in [5.41, 5.74) is 1.09. The van der Waals surface area contributed by atoms with Gasteiger partial charge in [-0.3, -0.25) is 4.79 Å². The van der Waals surface area contributed by atoms with Crippen LogP contribution in [-0.2, 0) is 21.3 Å². The highest BCUT2D eigenvalue weighted by Crippen LogP contribution is 2.23. The molecule has 0 atom stereocenters. The van der Waals surface area contributed by atoms with Crippen molar-refractivity contribution < 1.29 is 13.9 Å². The molecule has 0 saturated carbocycles. The Bertz CT molecular complexity index is 396. The van der Waals surface area contributed by atoms with Crippen molar-refractivity contribution in [3.63, 3.8) is 0 Å². The summed E-state index contributed by atoms with van der Waals surface area (Å²) in [4.78, 5) is 11.2. The third-order valence-corrected chi connectivity index (χ3v) is 2.84. The molecule has 0 amide bonds. The molecule has 0 heterocycles. The largest absolute Gasteiger partial charge is 0.466 e. The van der Waals surface area contributed by atoms with Crippen LogP contribution in [0.1, 0.15) is 18.1 Å². The lowest BCUT2D eigenvalue weighted by molar-refractivity contribution is -0.142. The highest BCUT2D eigenvalue weighted by molar-refractivity contribution is 9.08. The Morgan fingerprint density at radius 1 is 1.56 bits per heavy atom. The van der Waals surface area contributed by atoms with Gasteiger partial charge in [0.15, 0.2) is 0 Å². The second-order valence-electron chi connectivity index (χ2n) is 3.17. The summed E-state index contributed by atoms with van der Waals surface area (Å²) in [6.45, 7) is 2.07. The van der Waals surface area contributed by atoms with Crippen LogP contribution in [0.4, 0.5) is 4.39 Å². The van der Waals surface area contributed by atoms with Crippen LogP contribution < -0.4 is 0 Å². The van der Waals surface area contributed by atoms with Crippen molar-refractivity contribution in [3.8, 4) is 0 Å². The van der Waals surface area contributed by atoms with Crippen LogP contribution in [0, 0.1) is 5.82 Å². The van der Waals surface area contributed by atoms with Crippen LogP contribution in [0.15, 0.2) is 12.1 Å². The predicted octanol–water partition coefficient (Wildman–Crippen LogP) is 3.48. The summed E-state index contributed by atoms with van der Waals surface area (Å²) in [7, 11) is 0. The molecule has 0 aliphatic carbocycles. The maximum Gasteiger partial charge on any atom is 0.310 e. The summed E-state index contributed by atoms with van der Waals surface area (Å²) in [5, 5.41) is 0.381. The Morgan fingerprint density at radius 3 is 2.81 bits per heavy atom. The fourth-order valence-electron chi connectivity index (χ4n) is 1.29. The van der Waals surface area contributed by atoms with Crippen molar-refractivity contribution in [1.29, 1.82) is 0 Å². The van der Waals surface area contributed by atoms with E-state index in [1.807, 2.05) is 0 Å². The van der Waals surface area contributed by atoms with Gasteiger partial charge in [-0.05, 0) is 18.6 Å². The number of rotatable bonds is 4. The van der Waals surface area contributed by atoms with Gasteiger partial charge in [-0.1, -0.05) is 33.6 Å².